The number of carbonyl (C=O) groups excluding carboxylic acids is 3. The fourth-order valence-corrected chi connectivity index (χ4v) is 3.44. The van der Waals surface area contributed by atoms with Gasteiger partial charge in [-0.25, -0.2) is 9.59 Å². The van der Waals surface area contributed by atoms with Crippen molar-refractivity contribution < 1.29 is 23.9 Å². The zero-order chi connectivity index (χ0) is 19.3. The third-order valence-electron chi connectivity index (χ3n) is 4.83. The number of nitrogens with zero attached hydrogens (tertiary/aromatic N) is 1. The molecule has 26 heavy (non-hydrogen) atoms. The Morgan fingerprint density at radius 2 is 1.65 bits per heavy atom. The molecule has 7 nitrogen and oxygen atoms in total. The van der Waals surface area contributed by atoms with Crippen LogP contribution >= 0.6 is 0 Å². The van der Waals surface area contributed by atoms with Crippen molar-refractivity contribution in [1.82, 2.24) is 10.2 Å². The molecular weight excluding hydrogens is 336 g/mol. The van der Waals surface area contributed by atoms with Gasteiger partial charge in [-0.3, -0.25) is 4.79 Å². The second-order valence-corrected chi connectivity index (χ2v) is 6.24. The van der Waals surface area contributed by atoms with E-state index in [-0.39, 0.29) is 19.1 Å². The van der Waals surface area contributed by atoms with Gasteiger partial charge in [-0.15, -0.1) is 0 Å². The second kappa shape index (κ2) is 8.31. The van der Waals surface area contributed by atoms with Crippen molar-refractivity contribution in [3.8, 4) is 0 Å². The van der Waals surface area contributed by atoms with Crippen molar-refractivity contribution in [2.24, 2.45) is 5.92 Å². The summed E-state index contributed by atoms with van der Waals surface area (Å²) in [4.78, 5) is 39.4. The molecule has 0 spiro atoms. The van der Waals surface area contributed by atoms with E-state index >= 15 is 0 Å². The van der Waals surface area contributed by atoms with Crippen molar-refractivity contribution in [2.45, 2.75) is 38.9 Å². The van der Waals surface area contributed by atoms with Crippen molar-refractivity contribution in [3.05, 3.63) is 35.9 Å². The normalized spacial score (nSPS) is 21.5. The lowest BCUT2D eigenvalue weighted by molar-refractivity contribution is -0.176. The van der Waals surface area contributed by atoms with Gasteiger partial charge in [0, 0.05) is 19.5 Å². The number of esters is 2. The topological polar surface area (TPSA) is 84.9 Å². The van der Waals surface area contributed by atoms with Crippen LogP contribution in [0.1, 0.15) is 26.3 Å². The Hall–Kier alpha value is -2.41. The van der Waals surface area contributed by atoms with E-state index in [9.17, 15) is 14.4 Å². The Labute approximate surface area is 153 Å². The Balaban J connectivity index is 2.32. The van der Waals surface area contributed by atoms with Crippen LogP contribution in [0.2, 0.25) is 0 Å². The Morgan fingerprint density at radius 3 is 2.15 bits per heavy atom. The number of hydrogen-bond acceptors (Lipinski definition) is 6. The number of likely N-dealkylation sites (tertiary alicyclic amines) is 1. The molecule has 1 aliphatic rings. The number of carbonyl (C=O) groups is 3. The highest BCUT2D eigenvalue weighted by molar-refractivity contribution is 6.11. The van der Waals surface area contributed by atoms with Gasteiger partial charge in [-0.1, -0.05) is 37.3 Å². The zero-order valence-corrected chi connectivity index (χ0v) is 15.7. The number of hydrogen-bond donors (Lipinski definition) is 1. The van der Waals surface area contributed by atoms with Gasteiger partial charge in [0.2, 0.25) is 11.4 Å². The molecule has 0 aliphatic carbocycles. The van der Waals surface area contributed by atoms with Crippen LogP contribution in [-0.4, -0.2) is 54.6 Å². The van der Waals surface area contributed by atoms with Crippen LogP contribution < -0.4 is 5.32 Å². The summed E-state index contributed by atoms with van der Waals surface area (Å²) in [6.07, 6.45) is 0. The quantitative estimate of drug-likeness (QED) is 0.578. The standard InChI is InChI=1S/C19H26N2O5/c1-5-25-17(23)19(18(24)26-6-2)13(3)15(16(22)21(19)4)20-12-14-10-8-7-9-11-14/h7-11,13,15,20H,5-6,12H2,1-4H3. The maximum Gasteiger partial charge on any atom is 0.344 e. The van der Waals surface area contributed by atoms with Gasteiger partial charge < -0.3 is 19.7 Å². The van der Waals surface area contributed by atoms with Crippen LogP contribution in [0.5, 0.6) is 0 Å². The lowest BCUT2D eigenvalue weighted by Gasteiger charge is -2.34. The molecule has 1 aromatic rings. The molecule has 2 atom stereocenters. The summed E-state index contributed by atoms with van der Waals surface area (Å²) in [6, 6.07) is 8.90. The van der Waals surface area contributed by atoms with Crippen molar-refractivity contribution >= 4 is 17.8 Å². The third-order valence-corrected chi connectivity index (χ3v) is 4.83. The van der Waals surface area contributed by atoms with Gasteiger partial charge in [0.1, 0.15) is 0 Å². The molecule has 1 heterocycles. The average molecular weight is 362 g/mol. The maximum absolute atomic E-state index is 12.8. The summed E-state index contributed by atoms with van der Waals surface area (Å²) < 4.78 is 10.3. The largest absolute Gasteiger partial charge is 0.464 e. The third kappa shape index (κ3) is 3.31. The van der Waals surface area contributed by atoms with E-state index in [1.807, 2.05) is 30.3 Å². The number of amides is 1. The molecule has 1 N–H and O–H groups in total. The number of nitrogens with one attached hydrogen (secondary N) is 1. The second-order valence-electron chi connectivity index (χ2n) is 6.24. The van der Waals surface area contributed by atoms with Crippen LogP contribution in [0.15, 0.2) is 30.3 Å². The molecule has 142 valence electrons. The Kier molecular flexibility index (Phi) is 6.37. The molecule has 2 unspecified atom stereocenters. The summed E-state index contributed by atoms with van der Waals surface area (Å²) in [5, 5.41) is 3.17. The Morgan fingerprint density at radius 1 is 1.12 bits per heavy atom. The van der Waals surface area contributed by atoms with Crippen molar-refractivity contribution in [1.29, 1.82) is 0 Å². The average Bonchev–Trinajstić information content (AvgIpc) is 2.82. The first-order valence-electron chi connectivity index (χ1n) is 8.80. The molecular formula is C19H26N2O5. The van der Waals surface area contributed by atoms with Gasteiger partial charge in [0.15, 0.2) is 0 Å². The van der Waals surface area contributed by atoms with E-state index in [0.717, 1.165) is 10.5 Å². The fourth-order valence-electron chi connectivity index (χ4n) is 3.44. The number of benzene rings is 1. The van der Waals surface area contributed by atoms with Crippen LogP contribution in [0, 0.1) is 5.92 Å². The van der Waals surface area contributed by atoms with Crippen molar-refractivity contribution in [2.75, 3.05) is 20.3 Å². The minimum Gasteiger partial charge on any atom is -0.464 e. The molecule has 1 amide bonds. The molecule has 0 aromatic heterocycles. The zero-order valence-electron chi connectivity index (χ0n) is 15.7. The van der Waals surface area contributed by atoms with Gasteiger partial charge in [0.05, 0.1) is 19.3 Å². The van der Waals surface area contributed by atoms with E-state index in [1.165, 1.54) is 7.05 Å². The number of ether oxygens (including phenoxy) is 2. The minimum atomic E-state index is -1.78. The fraction of sp³-hybridized carbons (Fsp3) is 0.526. The molecule has 0 radical (unpaired) electrons. The van der Waals surface area contributed by atoms with E-state index in [0.29, 0.717) is 6.54 Å². The molecule has 7 heteroatoms. The van der Waals surface area contributed by atoms with E-state index in [1.54, 1.807) is 20.8 Å². The summed E-state index contributed by atoms with van der Waals surface area (Å²) in [6.45, 7) is 5.66. The van der Waals surface area contributed by atoms with Gasteiger partial charge in [0.25, 0.3) is 0 Å². The number of rotatable bonds is 7. The van der Waals surface area contributed by atoms with E-state index in [4.69, 9.17) is 9.47 Å². The van der Waals surface area contributed by atoms with E-state index < -0.39 is 29.4 Å². The maximum atomic E-state index is 12.8. The molecule has 0 bridgehead atoms. The minimum absolute atomic E-state index is 0.108. The predicted molar refractivity (Wildman–Crippen MR) is 95.0 cm³/mol. The molecule has 1 saturated heterocycles. The van der Waals surface area contributed by atoms with Crippen molar-refractivity contribution in [3.63, 3.8) is 0 Å². The van der Waals surface area contributed by atoms with Crippen LogP contribution in [-0.2, 0) is 30.4 Å². The molecule has 1 aliphatic heterocycles. The van der Waals surface area contributed by atoms with Gasteiger partial charge in [-0.2, -0.15) is 0 Å². The lowest BCUT2D eigenvalue weighted by Crippen LogP contribution is -2.61. The molecule has 2 rings (SSSR count). The number of likely N-dealkylation sites (N-methyl/N-ethyl adjacent to an activating group) is 1. The monoisotopic (exact) mass is 362 g/mol. The molecule has 0 saturated carbocycles. The lowest BCUT2D eigenvalue weighted by atomic mass is 9.83. The predicted octanol–water partition coefficient (Wildman–Crippen LogP) is 1.12. The summed E-state index contributed by atoms with van der Waals surface area (Å²) >= 11 is 0. The molecule has 1 fully saturated rings. The van der Waals surface area contributed by atoms with Gasteiger partial charge >= 0.3 is 11.9 Å². The first-order valence-corrected chi connectivity index (χ1v) is 8.80. The summed E-state index contributed by atoms with van der Waals surface area (Å²) in [5.41, 5.74) is -0.780. The smallest absolute Gasteiger partial charge is 0.344 e. The highest BCUT2D eigenvalue weighted by Crippen LogP contribution is 2.37. The highest BCUT2D eigenvalue weighted by Gasteiger charge is 2.66. The SMILES string of the molecule is CCOC(=O)C1(C(=O)OCC)C(C)C(NCc2ccccc2)C(=O)N1C. The first kappa shape index (κ1) is 19.9. The van der Waals surface area contributed by atoms with Gasteiger partial charge in [-0.05, 0) is 19.4 Å². The summed E-state index contributed by atoms with van der Waals surface area (Å²) in [7, 11) is 1.44. The first-order chi connectivity index (χ1) is 12.4. The van der Waals surface area contributed by atoms with Crippen LogP contribution in [0.4, 0.5) is 0 Å². The highest BCUT2D eigenvalue weighted by atomic mass is 16.6. The van der Waals surface area contributed by atoms with Crippen LogP contribution in [0.3, 0.4) is 0 Å². The van der Waals surface area contributed by atoms with E-state index in [2.05, 4.69) is 5.32 Å². The Bertz CT molecular complexity index is 643. The molecule has 1 aromatic carbocycles. The summed E-state index contributed by atoms with van der Waals surface area (Å²) in [5.74, 6) is -2.51. The van der Waals surface area contributed by atoms with Crippen LogP contribution in [0.25, 0.3) is 0 Å².